The molecule has 1 aliphatic heterocycles. The van der Waals surface area contributed by atoms with E-state index in [1.165, 1.54) is 29.3 Å². The van der Waals surface area contributed by atoms with Gasteiger partial charge in [0, 0.05) is 38.2 Å². The molecule has 0 unspecified atom stereocenters. The summed E-state index contributed by atoms with van der Waals surface area (Å²) in [4.78, 5) is 12.5. The highest BCUT2D eigenvalue weighted by Gasteiger charge is 2.36. The molecule has 4 rings (SSSR count). The number of nitrogens with zero attached hydrogens (tertiary/aromatic N) is 4. The molecule has 0 spiro atoms. The van der Waals surface area contributed by atoms with Crippen molar-refractivity contribution in [1.29, 1.82) is 0 Å². The molecule has 9 nitrogen and oxygen atoms in total. The summed E-state index contributed by atoms with van der Waals surface area (Å²) in [6.07, 6.45) is 3.26. The standard InChI is InChI=1S/C19H26N4O5S/c1-21-19(24)23(14-4-5-14)18(20-21)13-8-10-22(11-9-13)29(25,26)17-7-6-15(27-2)12-16(17)28-3/h6-7,12-14H,4-5,8-11H2,1-3H3. The summed E-state index contributed by atoms with van der Waals surface area (Å²) in [5, 5.41) is 4.45. The lowest BCUT2D eigenvalue weighted by molar-refractivity contribution is 0.306. The Morgan fingerprint density at radius 1 is 1.07 bits per heavy atom. The van der Waals surface area contributed by atoms with E-state index in [9.17, 15) is 13.2 Å². The number of benzene rings is 1. The predicted molar refractivity (Wildman–Crippen MR) is 106 cm³/mol. The van der Waals surface area contributed by atoms with Crippen LogP contribution < -0.4 is 15.2 Å². The van der Waals surface area contributed by atoms with Crippen LogP contribution in [0.2, 0.25) is 0 Å². The molecule has 0 amide bonds. The van der Waals surface area contributed by atoms with Gasteiger partial charge in [0.25, 0.3) is 0 Å². The van der Waals surface area contributed by atoms with Gasteiger partial charge in [-0.2, -0.15) is 9.40 Å². The van der Waals surface area contributed by atoms with Crippen molar-refractivity contribution < 1.29 is 17.9 Å². The topological polar surface area (TPSA) is 95.7 Å². The Morgan fingerprint density at radius 2 is 1.76 bits per heavy atom. The Balaban J connectivity index is 1.54. The van der Waals surface area contributed by atoms with Gasteiger partial charge in [-0.1, -0.05) is 0 Å². The van der Waals surface area contributed by atoms with E-state index in [2.05, 4.69) is 5.10 Å². The Bertz CT molecular complexity index is 1060. The van der Waals surface area contributed by atoms with Crippen LogP contribution in [0.1, 0.15) is 43.5 Å². The Labute approximate surface area is 169 Å². The molecule has 29 heavy (non-hydrogen) atoms. The number of aromatic nitrogens is 3. The van der Waals surface area contributed by atoms with E-state index in [1.54, 1.807) is 23.7 Å². The lowest BCUT2D eigenvalue weighted by Crippen LogP contribution is -2.38. The summed E-state index contributed by atoms with van der Waals surface area (Å²) >= 11 is 0. The van der Waals surface area contributed by atoms with Gasteiger partial charge in [0.2, 0.25) is 10.0 Å². The van der Waals surface area contributed by atoms with Gasteiger partial charge >= 0.3 is 5.69 Å². The first-order valence-electron chi connectivity index (χ1n) is 9.74. The monoisotopic (exact) mass is 422 g/mol. The number of sulfonamides is 1. The largest absolute Gasteiger partial charge is 0.497 e. The van der Waals surface area contributed by atoms with Crippen molar-refractivity contribution in [3.05, 3.63) is 34.5 Å². The molecular weight excluding hydrogens is 396 g/mol. The van der Waals surface area contributed by atoms with Gasteiger partial charge in [-0.05, 0) is 37.8 Å². The maximum absolute atomic E-state index is 13.2. The molecule has 158 valence electrons. The number of hydrogen-bond acceptors (Lipinski definition) is 6. The highest BCUT2D eigenvalue weighted by molar-refractivity contribution is 7.89. The van der Waals surface area contributed by atoms with E-state index in [0.717, 1.165) is 18.7 Å². The minimum absolute atomic E-state index is 0.0775. The molecule has 2 aliphatic rings. The number of piperidine rings is 1. The van der Waals surface area contributed by atoms with E-state index in [1.807, 2.05) is 0 Å². The van der Waals surface area contributed by atoms with Gasteiger partial charge in [-0.3, -0.25) is 4.57 Å². The number of rotatable bonds is 6. The van der Waals surface area contributed by atoms with Gasteiger partial charge < -0.3 is 9.47 Å². The van der Waals surface area contributed by atoms with E-state index >= 15 is 0 Å². The summed E-state index contributed by atoms with van der Waals surface area (Å²) < 4.78 is 41.5. The van der Waals surface area contributed by atoms with Crippen molar-refractivity contribution in [2.75, 3.05) is 27.3 Å². The Hall–Kier alpha value is -2.33. The molecule has 10 heteroatoms. The predicted octanol–water partition coefficient (Wildman–Crippen LogP) is 1.50. The Morgan fingerprint density at radius 3 is 2.34 bits per heavy atom. The van der Waals surface area contributed by atoms with E-state index < -0.39 is 10.0 Å². The van der Waals surface area contributed by atoms with Crippen LogP contribution in [0, 0.1) is 0 Å². The van der Waals surface area contributed by atoms with Crippen LogP contribution in [-0.2, 0) is 17.1 Å². The summed E-state index contributed by atoms with van der Waals surface area (Å²) in [5.41, 5.74) is -0.0829. The second-order valence-corrected chi connectivity index (χ2v) is 9.47. The van der Waals surface area contributed by atoms with Crippen LogP contribution in [-0.4, -0.2) is 54.4 Å². The smallest absolute Gasteiger partial charge is 0.345 e. The second kappa shape index (κ2) is 7.49. The van der Waals surface area contributed by atoms with E-state index in [0.29, 0.717) is 31.7 Å². The van der Waals surface area contributed by atoms with Crippen LogP contribution in [0.15, 0.2) is 27.9 Å². The second-order valence-electron chi connectivity index (χ2n) is 7.56. The molecule has 2 heterocycles. The highest BCUT2D eigenvalue weighted by Crippen LogP contribution is 2.38. The average Bonchev–Trinajstić information content (AvgIpc) is 3.53. The van der Waals surface area contributed by atoms with Crippen molar-refractivity contribution in [1.82, 2.24) is 18.7 Å². The molecule has 1 aliphatic carbocycles. The summed E-state index contributed by atoms with van der Waals surface area (Å²) in [6, 6.07) is 4.95. The van der Waals surface area contributed by atoms with Crippen molar-refractivity contribution >= 4 is 10.0 Å². The van der Waals surface area contributed by atoms with Crippen molar-refractivity contribution in [2.24, 2.45) is 7.05 Å². The zero-order chi connectivity index (χ0) is 20.8. The quantitative estimate of drug-likeness (QED) is 0.700. The fraction of sp³-hybridized carbons (Fsp3) is 0.579. The van der Waals surface area contributed by atoms with Gasteiger partial charge in [0.1, 0.15) is 22.2 Å². The molecule has 0 N–H and O–H groups in total. The minimum atomic E-state index is -3.69. The van der Waals surface area contributed by atoms with Crippen LogP contribution >= 0.6 is 0 Å². The zero-order valence-corrected chi connectivity index (χ0v) is 17.7. The zero-order valence-electron chi connectivity index (χ0n) is 16.9. The van der Waals surface area contributed by atoms with Crippen LogP contribution in [0.4, 0.5) is 0 Å². The fourth-order valence-corrected chi connectivity index (χ4v) is 5.54. The van der Waals surface area contributed by atoms with Crippen LogP contribution in [0.5, 0.6) is 11.5 Å². The molecular formula is C19H26N4O5S. The van der Waals surface area contributed by atoms with E-state index in [-0.39, 0.29) is 28.3 Å². The molecule has 1 saturated carbocycles. The summed E-state index contributed by atoms with van der Waals surface area (Å²) in [6.45, 7) is 0.745. The summed E-state index contributed by atoms with van der Waals surface area (Å²) in [7, 11) is 0.936. The molecule has 0 atom stereocenters. The van der Waals surface area contributed by atoms with Gasteiger partial charge in [-0.25, -0.2) is 17.9 Å². The lowest BCUT2D eigenvalue weighted by Gasteiger charge is -2.31. The molecule has 2 aromatic rings. The molecule has 1 aromatic carbocycles. The van der Waals surface area contributed by atoms with Crippen molar-refractivity contribution in [3.8, 4) is 11.5 Å². The van der Waals surface area contributed by atoms with Crippen molar-refractivity contribution in [2.45, 2.75) is 42.5 Å². The molecule has 0 bridgehead atoms. The maximum atomic E-state index is 13.2. The Kier molecular flexibility index (Phi) is 5.16. The third kappa shape index (κ3) is 3.55. The first-order valence-corrected chi connectivity index (χ1v) is 11.2. The molecule has 1 saturated heterocycles. The van der Waals surface area contributed by atoms with Gasteiger partial charge in [-0.15, -0.1) is 0 Å². The van der Waals surface area contributed by atoms with E-state index in [4.69, 9.17) is 9.47 Å². The van der Waals surface area contributed by atoms with Crippen LogP contribution in [0.3, 0.4) is 0 Å². The highest BCUT2D eigenvalue weighted by atomic mass is 32.2. The number of aryl methyl sites for hydroxylation is 1. The number of methoxy groups -OCH3 is 2. The average molecular weight is 423 g/mol. The maximum Gasteiger partial charge on any atom is 0.345 e. The fourth-order valence-electron chi connectivity index (χ4n) is 3.93. The normalized spacial score (nSPS) is 18.7. The van der Waals surface area contributed by atoms with Gasteiger partial charge in [0.05, 0.1) is 14.2 Å². The molecule has 0 radical (unpaired) electrons. The lowest BCUT2D eigenvalue weighted by atomic mass is 9.97. The first kappa shape index (κ1) is 20.0. The number of hydrogen-bond donors (Lipinski definition) is 0. The SMILES string of the molecule is COc1ccc(S(=O)(=O)N2CCC(c3nn(C)c(=O)n3C3CC3)CC2)c(OC)c1. The third-order valence-electron chi connectivity index (χ3n) is 5.70. The third-order valence-corrected chi connectivity index (χ3v) is 7.64. The number of ether oxygens (including phenoxy) is 2. The van der Waals surface area contributed by atoms with Crippen LogP contribution in [0.25, 0.3) is 0 Å². The molecule has 2 fully saturated rings. The van der Waals surface area contributed by atoms with Gasteiger partial charge in [0.15, 0.2) is 0 Å². The molecule has 1 aromatic heterocycles. The first-order chi connectivity index (χ1) is 13.9. The minimum Gasteiger partial charge on any atom is -0.497 e. The van der Waals surface area contributed by atoms with Crippen molar-refractivity contribution in [3.63, 3.8) is 0 Å². The summed E-state index contributed by atoms with van der Waals surface area (Å²) in [5.74, 6) is 1.67.